The van der Waals surface area contributed by atoms with Gasteiger partial charge in [0.2, 0.25) is 11.4 Å². The van der Waals surface area contributed by atoms with Crippen molar-refractivity contribution in [1.29, 1.82) is 0 Å². The predicted octanol–water partition coefficient (Wildman–Crippen LogP) is 8.93. The third-order valence-electron chi connectivity index (χ3n) is 16.9. The zero-order valence-corrected chi connectivity index (χ0v) is 53.7. The average Bonchev–Trinajstić information content (AvgIpc) is 1.70. The van der Waals surface area contributed by atoms with E-state index < -0.39 is 20.5 Å². The van der Waals surface area contributed by atoms with E-state index in [4.69, 9.17) is 37.3 Å². The molecule has 0 amide bonds. The summed E-state index contributed by atoms with van der Waals surface area (Å²) in [5.74, 6) is 0. The maximum atomic E-state index is 8.49. The van der Waals surface area contributed by atoms with Crippen molar-refractivity contribution in [3.63, 3.8) is 0 Å². The number of hydrogen-bond acceptors (Lipinski definition) is 10. The van der Waals surface area contributed by atoms with Crippen LogP contribution in [-0.4, -0.2) is 46.8 Å². The number of fused-ring (bicyclic) bond motifs is 8. The highest BCUT2D eigenvalue weighted by molar-refractivity contribution is 6.08. The van der Waals surface area contributed by atoms with Gasteiger partial charge in [-0.25, -0.2) is 37.3 Å². The molecule has 6 aromatic rings. The molecule has 0 spiro atoms. The molecule has 4 heterocycles. The van der Waals surface area contributed by atoms with Crippen LogP contribution in [0.4, 0.5) is 22.7 Å². The van der Waals surface area contributed by atoms with E-state index in [1.54, 1.807) is 0 Å². The van der Waals surface area contributed by atoms with Crippen LogP contribution >= 0.6 is 0 Å². The van der Waals surface area contributed by atoms with Crippen LogP contribution in [0.5, 0.6) is 0 Å². The van der Waals surface area contributed by atoms with Crippen LogP contribution in [-0.2, 0) is 21.7 Å². The van der Waals surface area contributed by atoms with Crippen LogP contribution in [0.15, 0.2) is 193 Å². The second-order valence-electron chi connectivity index (χ2n) is 24.3. The highest BCUT2D eigenvalue weighted by Crippen LogP contribution is 2.52. The number of benzene rings is 6. The summed E-state index contributed by atoms with van der Waals surface area (Å²) in [7, 11) is -9.89. The van der Waals surface area contributed by atoms with Gasteiger partial charge < -0.3 is 9.80 Å². The fourth-order valence-electron chi connectivity index (χ4n) is 13.1. The van der Waals surface area contributed by atoms with Gasteiger partial charge in [0, 0.05) is 94.9 Å². The Kier molecular flexibility index (Phi) is 21.9. The Morgan fingerprint density at radius 1 is 0.395 bits per heavy atom. The Morgan fingerprint density at radius 2 is 0.872 bits per heavy atom. The normalized spacial score (nSPS) is 18.1. The molecule has 86 heavy (non-hydrogen) atoms. The van der Waals surface area contributed by atoms with Crippen molar-refractivity contribution in [2.75, 3.05) is 36.0 Å². The summed E-state index contributed by atoms with van der Waals surface area (Å²) >= 11 is 0. The van der Waals surface area contributed by atoms with Gasteiger partial charge in [0.05, 0.1) is 10.8 Å². The van der Waals surface area contributed by atoms with Crippen molar-refractivity contribution in [2.45, 2.75) is 143 Å². The summed E-state index contributed by atoms with van der Waals surface area (Å²) in [6.07, 6.45) is 29.7. The first-order valence-electron chi connectivity index (χ1n) is 30.1. The molecular weight excluding hydrogens is 1120 g/mol. The van der Waals surface area contributed by atoms with E-state index in [1.807, 2.05) is 0 Å². The summed E-state index contributed by atoms with van der Waals surface area (Å²) < 4.78 is 73.0. The summed E-state index contributed by atoms with van der Waals surface area (Å²) in [6.45, 7) is 32.2. The lowest BCUT2D eigenvalue weighted by Crippen LogP contribution is -2.68. The fourth-order valence-corrected chi connectivity index (χ4v) is 13.1. The first kappa shape index (κ1) is 67.0. The Bertz CT molecular complexity index is 3600. The molecule has 4 aliphatic heterocycles. The molecule has 0 radical (unpaired) electrons. The Morgan fingerprint density at radius 3 is 1.44 bits per heavy atom. The summed E-state index contributed by atoms with van der Waals surface area (Å²) in [5, 5.41) is 5.39. The minimum atomic E-state index is -4.94. The third-order valence-corrected chi connectivity index (χ3v) is 16.9. The van der Waals surface area contributed by atoms with Crippen LogP contribution < -0.4 is 47.1 Å². The highest BCUT2D eigenvalue weighted by atomic mass is 35.7. The number of para-hydroxylation sites is 2. The first-order chi connectivity index (χ1) is 40.6. The van der Waals surface area contributed by atoms with Gasteiger partial charge in [0.15, 0.2) is 11.4 Å². The Balaban J connectivity index is 0.000000218. The number of hydrogen-bond donors (Lipinski definition) is 0. The molecule has 12 nitrogen and oxygen atoms in total. The van der Waals surface area contributed by atoms with Gasteiger partial charge in [-0.1, -0.05) is 196 Å². The Hall–Kier alpha value is -6.52. The zero-order chi connectivity index (χ0) is 62.8. The van der Waals surface area contributed by atoms with Gasteiger partial charge >= 0.3 is 0 Å². The standard InChI is InChI=1S/C41H47N2.C31H39N2.2ClHO4/c1-7-9-28-42-34-26-24-30-18-14-16-20-32(30)38(34)40(3,4)36(42)22-12-11-13-23-37-41(5,6)39-33-21-17-15-19-31(33)25-27-35(39)43(37)29-10-8-2;1-7-22-32-26-18-14-12-16-24(26)30(3,4)28(32)20-10-9-11-21-29-31(5,6)25-17-13-15-19-27(25)33(29)23-8-2;2*2-1(3,4)5/h11-27H,7-10,28-29H2,1-6H3;9-21H,7-8,22-23H2,1-6H3;2*(H,2,3,4,5)/q2*+1;;/p-2. The van der Waals surface area contributed by atoms with Crippen molar-refractivity contribution in [2.24, 2.45) is 0 Å². The molecule has 0 saturated heterocycles. The summed E-state index contributed by atoms with van der Waals surface area (Å²) in [5.41, 5.74) is 16.6. The van der Waals surface area contributed by atoms with Gasteiger partial charge in [-0.3, -0.25) is 0 Å². The minimum absolute atomic E-state index is 0.0155. The fraction of sp³-hybridized carbons (Fsp3) is 0.361. The lowest BCUT2D eigenvalue weighted by Gasteiger charge is -2.27. The van der Waals surface area contributed by atoms with Gasteiger partial charge in [-0.05, 0) is 104 Å². The number of nitrogens with zero attached hydrogens (tertiary/aromatic N) is 4. The third kappa shape index (κ3) is 15.1. The summed E-state index contributed by atoms with van der Waals surface area (Å²) in [6, 6.07) is 44.7. The molecule has 0 atom stereocenters. The molecule has 6 aromatic carbocycles. The average molecular weight is 1210 g/mol. The van der Waals surface area contributed by atoms with E-state index >= 15 is 0 Å². The van der Waals surface area contributed by atoms with Crippen LogP contribution in [0, 0.1) is 20.5 Å². The zero-order valence-electron chi connectivity index (χ0n) is 52.2. The maximum Gasteiger partial charge on any atom is 0.210 e. The van der Waals surface area contributed by atoms with Crippen molar-refractivity contribution in [1.82, 2.24) is 0 Å². The molecule has 10 rings (SSSR count). The second kappa shape index (κ2) is 28.1. The van der Waals surface area contributed by atoms with Crippen LogP contribution in [0.3, 0.4) is 0 Å². The molecule has 456 valence electrons. The molecule has 4 aliphatic rings. The number of unbranched alkanes of at least 4 members (excludes halogenated alkanes) is 2. The lowest BCUT2D eigenvalue weighted by atomic mass is 9.79. The number of rotatable bonds is 16. The van der Waals surface area contributed by atoms with E-state index in [9.17, 15) is 0 Å². The van der Waals surface area contributed by atoms with Crippen molar-refractivity contribution >= 4 is 55.7 Å². The molecule has 0 bridgehead atoms. The van der Waals surface area contributed by atoms with Crippen molar-refractivity contribution in [3.8, 4) is 0 Å². The van der Waals surface area contributed by atoms with Crippen molar-refractivity contribution < 1.29 is 66.9 Å². The Labute approximate surface area is 514 Å². The number of anilines is 2. The minimum Gasteiger partial charge on any atom is -0.344 e. The number of allylic oxidation sites excluding steroid dienone is 12. The van der Waals surface area contributed by atoms with Crippen LogP contribution in [0.25, 0.3) is 21.5 Å². The molecule has 0 fully saturated rings. The van der Waals surface area contributed by atoms with E-state index in [1.165, 1.54) is 115 Å². The van der Waals surface area contributed by atoms with E-state index in [2.05, 4.69) is 284 Å². The molecule has 0 aromatic heterocycles. The highest BCUT2D eigenvalue weighted by Gasteiger charge is 2.46. The van der Waals surface area contributed by atoms with Gasteiger partial charge in [-0.2, -0.15) is 9.15 Å². The largest absolute Gasteiger partial charge is 0.344 e. The molecule has 0 unspecified atom stereocenters. The maximum absolute atomic E-state index is 8.49. The molecular formula is C72H86Cl2N4O8. The van der Waals surface area contributed by atoms with Gasteiger partial charge in [-0.15, -0.1) is 20.5 Å². The number of halogens is 2. The smallest absolute Gasteiger partial charge is 0.210 e. The van der Waals surface area contributed by atoms with E-state index in [-0.39, 0.29) is 21.7 Å². The van der Waals surface area contributed by atoms with E-state index in [0.29, 0.717) is 0 Å². The van der Waals surface area contributed by atoms with Crippen LogP contribution in [0.2, 0.25) is 0 Å². The topological polar surface area (TPSA) is 197 Å². The quantitative estimate of drug-likeness (QED) is 0.0666. The summed E-state index contributed by atoms with van der Waals surface area (Å²) in [4.78, 5) is 5.07. The molecule has 14 heteroatoms. The first-order valence-corrected chi connectivity index (χ1v) is 32.5. The van der Waals surface area contributed by atoms with E-state index in [0.717, 1.165) is 39.0 Å². The lowest BCUT2D eigenvalue weighted by molar-refractivity contribution is -2.00. The second-order valence-corrected chi connectivity index (χ2v) is 25.8. The van der Waals surface area contributed by atoms with Gasteiger partial charge in [0.1, 0.15) is 13.1 Å². The molecule has 0 saturated carbocycles. The van der Waals surface area contributed by atoms with Gasteiger partial charge in [0.25, 0.3) is 0 Å². The van der Waals surface area contributed by atoms with Crippen molar-refractivity contribution in [3.05, 3.63) is 216 Å². The molecule has 0 aliphatic carbocycles. The predicted molar refractivity (Wildman–Crippen MR) is 330 cm³/mol. The monoisotopic (exact) mass is 1200 g/mol. The van der Waals surface area contributed by atoms with Crippen LogP contribution in [0.1, 0.15) is 144 Å². The molecule has 0 N–H and O–H groups in total. The SMILES string of the molecule is CCCCN1C(=CC=CC=CC2=[N+](CCCC)c3ccc4ccccc4c3C2(C)C)C(C)(C)c2c1ccc1ccccc21.CCCN1C(=CC=CC=CC2=[N+](CCC)c3ccccc3C2(C)C)C(C)(C)c2ccccc21.[O-][Cl+3]([O-])([O-])[O-].[O-][Cl+3]([O-])([O-])[O-].